The lowest BCUT2D eigenvalue weighted by Gasteiger charge is -2.44. The van der Waals surface area contributed by atoms with E-state index in [0.29, 0.717) is 23.1 Å². The Kier molecular flexibility index (Phi) is 5.14. The molecule has 1 saturated carbocycles. The molecule has 0 bridgehead atoms. The summed E-state index contributed by atoms with van der Waals surface area (Å²) in [5, 5.41) is 10.1. The molecule has 0 unspecified atom stereocenters. The summed E-state index contributed by atoms with van der Waals surface area (Å²) in [5.41, 5.74) is 4.66. The number of carboxylic acids is 1. The van der Waals surface area contributed by atoms with Gasteiger partial charge in [-0.2, -0.15) is 0 Å². The van der Waals surface area contributed by atoms with E-state index in [1.165, 1.54) is 42.4 Å². The van der Waals surface area contributed by atoms with E-state index in [1.54, 1.807) is 6.07 Å². The molecule has 1 aliphatic carbocycles. The van der Waals surface area contributed by atoms with Crippen molar-refractivity contribution in [2.75, 3.05) is 6.54 Å². The summed E-state index contributed by atoms with van der Waals surface area (Å²) in [6.45, 7) is 3.22. The molecular formula is C26H27FN2O2. The molecule has 2 aromatic carbocycles. The molecule has 2 aliphatic rings. The van der Waals surface area contributed by atoms with Crippen molar-refractivity contribution < 1.29 is 14.3 Å². The SMILES string of the molecule is C[C@@H]1Cc2c([nH]c3ccccc23)[C@@H](c2ccc(/C=C/C(=O)O)cc2F)N1CC1CCC1. The minimum absolute atomic E-state index is 0.177. The molecule has 1 fully saturated rings. The van der Waals surface area contributed by atoms with E-state index >= 15 is 4.39 Å². The number of aliphatic carboxylic acids is 1. The largest absolute Gasteiger partial charge is 0.478 e. The molecule has 5 heteroatoms. The first-order chi connectivity index (χ1) is 15.0. The van der Waals surface area contributed by atoms with Crippen molar-refractivity contribution >= 4 is 22.9 Å². The number of carboxylic acid groups (broad SMARTS) is 1. The average Bonchev–Trinajstić information content (AvgIpc) is 3.07. The van der Waals surface area contributed by atoms with Crippen LogP contribution in [0.4, 0.5) is 4.39 Å². The van der Waals surface area contributed by atoms with Crippen LogP contribution in [0.3, 0.4) is 0 Å². The summed E-state index contributed by atoms with van der Waals surface area (Å²) in [6.07, 6.45) is 7.20. The van der Waals surface area contributed by atoms with Gasteiger partial charge in [-0.1, -0.05) is 36.8 Å². The Morgan fingerprint density at radius 3 is 2.77 bits per heavy atom. The molecule has 5 rings (SSSR count). The van der Waals surface area contributed by atoms with Crippen molar-refractivity contribution in [3.63, 3.8) is 0 Å². The van der Waals surface area contributed by atoms with Crippen LogP contribution in [-0.4, -0.2) is 33.5 Å². The maximum atomic E-state index is 15.4. The molecule has 0 amide bonds. The molecule has 1 aromatic heterocycles. The van der Waals surface area contributed by atoms with Crippen LogP contribution in [0.2, 0.25) is 0 Å². The van der Waals surface area contributed by atoms with Gasteiger partial charge in [-0.15, -0.1) is 0 Å². The van der Waals surface area contributed by atoms with E-state index in [0.717, 1.165) is 30.3 Å². The van der Waals surface area contributed by atoms with E-state index in [1.807, 2.05) is 12.1 Å². The number of halogens is 1. The number of hydrogen-bond acceptors (Lipinski definition) is 2. The molecule has 0 radical (unpaired) electrons. The van der Waals surface area contributed by atoms with Crippen LogP contribution in [0, 0.1) is 11.7 Å². The fraction of sp³-hybridized carbons (Fsp3) is 0.346. The van der Waals surface area contributed by atoms with Crippen molar-refractivity contribution in [2.24, 2.45) is 5.92 Å². The number of benzene rings is 2. The fourth-order valence-electron chi connectivity index (χ4n) is 5.14. The highest BCUT2D eigenvalue weighted by Crippen LogP contribution is 2.43. The summed E-state index contributed by atoms with van der Waals surface area (Å²) >= 11 is 0. The first-order valence-corrected chi connectivity index (χ1v) is 11.1. The molecule has 160 valence electrons. The normalized spacial score (nSPS) is 22.0. The number of nitrogens with one attached hydrogen (secondary N) is 1. The monoisotopic (exact) mass is 418 g/mol. The molecule has 2 N–H and O–H groups in total. The van der Waals surface area contributed by atoms with E-state index in [2.05, 4.69) is 35.0 Å². The highest BCUT2D eigenvalue weighted by Gasteiger charge is 2.38. The van der Waals surface area contributed by atoms with Gasteiger partial charge >= 0.3 is 5.97 Å². The Balaban J connectivity index is 1.61. The summed E-state index contributed by atoms with van der Waals surface area (Å²) in [5.74, 6) is -0.661. The maximum absolute atomic E-state index is 15.4. The molecule has 3 aromatic rings. The van der Waals surface area contributed by atoms with Gasteiger partial charge in [0.25, 0.3) is 0 Å². The van der Waals surface area contributed by atoms with Crippen molar-refractivity contribution in [3.8, 4) is 0 Å². The van der Waals surface area contributed by atoms with Gasteiger partial charge in [-0.25, -0.2) is 9.18 Å². The van der Waals surface area contributed by atoms with Crippen LogP contribution in [0.15, 0.2) is 48.5 Å². The Labute approximate surface area is 181 Å². The van der Waals surface area contributed by atoms with E-state index in [9.17, 15) is 4.79 Å². The zero-order chi connectivity index (χ0) is 21.5. The molecular weight excluding hydrogens is 391 g/mol. The molecule has 0 saturated heterocycles. The number of nitrogens with zero attached hydrogens (tertiary/aromatic N) is 1. The number of carbonyl (C=O) groups is 1. The van der Waals surface area contributed by atoms with E-state index in [4.69, 9.17) is 5.11 Å². The van der Waals surface area contributed by atoms with Crippen LogP contribution in [0.25, 0.3) is 17.0 Å². The minimum atomic E-state index is -1.04. The maximum Gasteiger partial charge on any atom is 0.328 e. The Morgan fingerprint density at radius 2 is 2.06 bits per heavy atom. The van der Waals surface area contributed by atoms with Gasteiger partial charge in [0.2, 0.25) is 0 Å². The highest BCUT2D eigenvalue weighted by molar-refractivity contribution is 5.86. The van der Waals surface area contributed by atoms with Crippen LogP contribution in [0.5, 0.6) is 0 Å². The van der Waals surface area contributed by atoms with Gasteiger partial charge < -0.3 is 10.1 Å². The molecule has 2 heterocycles. The zero-order valence-electron chi connectivity index (χ0n) is 17.6. The van der Waals surface area contributed by atoms with Crippen LogP contribution in [-0.2, 0) is 11.2 Å². The number of hydrogen-bond donors (Lipinski definition) is 2. The van der Waals surface area contributed by atoms with Crippen molar-refractivity contribution in [3.05, 3.63) is 76.7 Å². The number of aromatic amines is 1. The third-order valence-electron chi connectivity index (χ3n) is 6.95. The third kappa shape index (κ3) is 3.68. The Bertz CT molecular complexity index is 1160. The highest BCUT2D eigenvalue weighted by atomic mass is 19.1. The van der Waals surface area contributed by atoms with Gasteiger partial charge in [0.1, 0.15) is 5.82 Å². The molecule has 1 aliphatic heterocycles. The van der Waals surface area contributed by atoms with Gasteiger partial charge in [-0.3, -0.25) is 4.90 Å². The average molecular weight is 419 g/mol. The molecule has 2 atom stereocenters. The smallest absolute Gasteiger partial charge is 0.328 e. The van der Waals surface area contributed by atoms with E-state index in [-0.39, 0.29) is 11.9 Å². The van der Waals surface area contributed by atoms with Crippen molar-refractivity contribution in [1.82, 2.24) is 9.88 Å². The predicted molar refractivity (Wildman–Crippen MR) is 120 cm³/mol. The van der Waals surface area contributed by atoms with Crippen LogP contribution in [0.1, 0.15) is 54.6 Å². The number of para-hydroxylation sites is 1. The Hall–Kier alpha value is -2.92. The summed E-state index contributed by atoms with van der Waals surface area (Å²) in [7, 11) is 0. The van der Waals surface area contributed by atoms with E-state index < -0.39 is 5.97 Å². The molecule has 31 heavy (non-hydrogen) atoms. The number of fused-ring (bicyclic) bond motifs is 3. The second-order valence-electron chi connectivity index (χ2n) is 8.96. The van der Waals surface area contributed by atoms with Gasteiger partial charge in [0.15, 0.2) is 0 Å². The second kappa shape index (κ2) is 7.97. The first kappa shape index (κ1) is 20.0. The molecule has 0 spiro atoms. The molecule has 4 nitrogen and oxygen atoms in total. The quantitative estimate of drug-likeness (QED) is 0.535. The minimum Gasteiger partial charge on any atom is -0.478 e. The van der Waals surface area contributed by atoms with Crippen molar-refractivity contribution in [1.29, 1.82) is 0 Å². The predicted octanol–water partition coefficient (Wildman–Crippen LogP) is 5.54. The number of H-pyrrole nitrogens is 1. The summed E-state index contributed by atoms with van der Waals surface area (Å²) in [6, 6.07) is 13.5. The van der Waals surface area contributed by atoms with Gasteiger partial charge in [-0.05, 0) is 61.4 Å². The number of aromatic nitrogens is 1. The van der Waals surface area contributed by atoms with Crippen LogP contribution >= 0.6 is 0 Å². The van der Waals surface area contributed by atoms with Crippen molar-refractivity contribution in [2.45, 2.75) is 44.7 Å². The third-order valence-corrected chi connectivity index (χ3v) is 6.95. The number of rotatable bonds is 5. The van der Waals surface area contributed by atoms with Crippen LogP contribution < -0.4 is 0 Å². The summed E-state index contributed by atoms with van der Waals surface area (Å²) < 4.78 is 15.4. The van der Waals surface area contributed by atoms with Gasteiger partial charge in [0, 0.05) is 40.8 Å². The fourth-order valence-corrected chi connectivity index (χ4v) is 5.14. The lowest BCUT2D eigenvalue weighted by atomic mass is 9.82. The first-order valence-electron chi connectivity index (χ1n) is 11.1. The summed E-state index contributed by atoms with van der Waals surface area (Å²) in [4.78, 5) is 16.9. The zero-order valence-corrected chi connectivity index (χ0v) is 17.6. The topological polar surface area (TPSA) is 56.3 Å². The Morgan fingerprint density at radius 1 is 1.26 bits per heavy atom. The second-order valence-corrected chi connectivity index (χ2v) is 8.96. The lowest BCUT2D eigenvalue weighted by Crippen LogP contribution is -2.46. The standard InChI is InChI=1S/C26H27FN2O2/c1-16-13-21-19-7-2-3-8-23(19)28-25(21)26(29(16)15-18-5-4-6-18)20-11-9-17(14-22(20)27)10-12-24(30)31/h2-3,7-12,14,16,18,26,28H,4-6,13,15H2,1H3,(H,30,31)/b12-10+/t16-,26-/m1/s1. The lowest BCUT2D eigenvalue weighted by molar-refractivity contribution is -0.131. The van der Waals surface area contributed by atoms with Gasteiger partial charge in [0.05, 0.1) is 6.04 Å².